The lowest BCUT2D eigenvalue weighted by atomic mass is 9.94. The minimum Gasteiger partial charge on any atom is -0.301 e. The Balaban J connectivity index is 1.78. The third kappa shape index (κ3) is 2.32. The summed E-state index contributed by atoms with van der Waals surface area (Å²) in [6, 6.07) is 16.0. The van der Waals surface area contributed by atoms with Crippen LogP contribution < -0.4 is 0 Å². The Hall–Kier alpha value is -1.65. The molecule has 4 rings (SSSR count). The molecule has 2 aromatic rings. The lowest BCUT2D eigenvalue weighted by Crippen LogP contribution is -2.26. The minimum atomic E-state index is -3.17. The standard InChI is InChI=1S/C19H21NO2S/c1-2-10-20-12-17-16-11-15(14-6-4-3-5-7-14)8-9-18(16)23(21,22)19(17)13-20/h3-9,11,17,19H,2,10,12-13H2,1H3/t17-,19-/m1/s1. The second-order valence-corrected chi connectivity index (χ2v) is 8.70. The number of hydrogen-bond donors (Lipinski definition) is 0. The van der Waals surface area contributed by atoms with Gasteiger partial charge in [-0.3, -0.25) is 0 Å². The molecule has 0 amide bonds. The third-order valence-corrected chi connectivity index (χ3v) is 7.36. The van der Waals surface area contributed by atoms with Gasteiger partial charge < -0.3 is 4.90 Å². The van der Waals surface area contributed by atoms with Crippen LogP contribution in [0.15, 0.2) is 53.4 Å². The normalized spacial score (nSPS) is 25.3. The molecule has 0 unspecified atom stereocenters. The predicted octanol–water partition coefficient (Wildman–Crippen LogP) is 3.32. The van der Waals surface area contributed by atoms with Crippen LogP contribution in [0, 0.1) is 0 Å². The van der Waals surface area contributed by atoms with E-state index in [-0.39, 0.29) is 11.2 Å². The van der Waals surface area contributed by atoms with Gasteiger partial charge in [0.15, 0.2) is 9.84 Å². The first-order valence-corrected chi connectivity index (χ1v) is 9.81. The fourth-order valence-corrected chi connectivity index (χ4v) is 6.23. The Morgan fingerprint density at radius 3 is 2.57 bits per heavy atom. The molecule has 4 heteroatoms. The van der Waals surface area contributed by atoms with Crippen LogP contribution in [0.3, 0.4) is 0 Å². The highest BCUT2D eigenvalue weighted by molar-refractivity contribution is 7.92. The molecule has 2 atom stereocenters. The highest BCUT2D eigenvalue weighted by Gasteiger charge is 2.49. The van der Waals surface area contributed by atoms with Gasteiger partial charge in [0.25, 0.3) is 0 Å². The maximum absolute atomic E-state index is 12.8. The molecule has 2 aliphatic heterocycles. The fourth-order valence-electron chi connectivity index (χ4n) is 4.03. The fraction of sp³-hybridized carbons (Fsp3) is 0.368. The first-order valence-electron chi connectivity index (χ1n) is 8.27. The van der Waals surface area contributed by atoms with Crippen molar-refractivity contribution in [2.45, 2.75) is 29.4 Å². The van der Waals surface area contributed by atoms with Crippen LogP contribution in [-0.4, -0.2) is 38.2 Å². The van der Waals surface area contributed by atoms with Crippen LogP contribution >= 0.6 is 0 Å². The van der Waals surface area contributed by atoms with E-state index in [9.17, 15) is 8.42 Å². The highest BCUT2D eigenvalue weighted by Crippen LogP contribution is 2.45. The molecule has 2 aromatic carbocycles. The molecule has 0 spiro atoms. The van der Waals surface area contributed by atoms with E-state index in [4.69, 9.17) is 0 Å². The van der Waals surface area contributed by atoms with E-state index < -0.39 is 9.84 Å². The molecule has 120 valence electrons. The number of benzene rings is 2. The summed E-state index contributed by atoms with van der Waals surface area (Å²) in [6.45, 7) is 4.67. The topological polar surface area (TPSA) is 37.4 Å². The van der Waals surface area contributed by atoms with Gasteiger partial charge in [0.1, 0.15) is 0 Å². The quantitative estimate of drug-likeness (QED) is 0.868. The lowest BCUT2D eigenvalue weighted by molar-refractivity contribution is 0.334. The van der Waals surface area contributed by atoms with Crippen LogP contribution in [0.2, 0.25) is 0 Å². The average molecular weight is 327 g/mol. The van der Waals surface area contributed by atoms with Gasteiger partial charge in [-0.15, -0.1) is 0 Å². The van der Waals surface area contributed by atoms with Crippen molar-refractivity contribution in [1.29, 1.82) is 0 Å². The SMILES string of the molecule is CCCN1C[C@@H]2c3cc(-c4ccccc4)ccc3S(=O)(=O)[C@@H]2C1. The van der Waals surface area contributed by atoms with Crippen molar-refractivity contribution < 1.29 is 8.42 Å². The van der Waals surface area contributed by atoms with Crippen LogP contribution in [0.25, 0.3) is 11.1 Å². The van der Waals surface area contributed by atoms with E-state index >= 15 is 0 Å². The number of sulfone groups is 1. The van der Waals surface area contributed by atoms with E-state index in [0.29, 0.717) is 11.4 Å². The van der Waals surface area contributed by atoms with Gasteiger partial charge in [-0.1, -0.05) is 43.3 Å². The van der Waals surface area contributed by atoms with Gasteiger partial charge in [-0.05, 0) is 41.8 Å². The van der Waals surface area contributed by atoms with Crippen LogP contribution in [0.5, 0.6) is 0 Å². The maximum Gasteiger partial charge on any atom is 0.183 e. The molecule has 1 fully saturated rings. The summed E-state index contributed by atoms with van der Waals surface area (Å²) in [5, 5.41) is -0.255. The molecule has 2 heterocycles. The molecule has 2 aliphatic rings. The number of rotatable bonds is 3. The van der Waals surface area contributed by atoms with Gasteiger partial charge in [-0.25, -0.2) is 8.42 Å². The summed E-state index contributed by atoms with van der Waals surface area (Å²) in [7, 11) is -3.17. The van der Waals surface area contributed by atoms with Crippen LogP contribution in [0.4, 0.5) is 0 Å². The summed E-state index contributed by atoms with van der Waals surface area (Å²) in [4.78, 5) is 2.86. The summed E-state index contributed by atoms with van der Waals surface area (Å²) in [6.07, 6.45) is 1.07. The van der Waals surface area contributed by atoms with E-state index in [1.807, 2.05) is 30.3 Å². The minimum absolute atomic E-state index is 0.130. The first-order chi connectivity index (χ1) is 11.1. The average Bonchev–Trinajstić information content (AvgIpc) is 3.07. The van der Waals surface area contributed by atoms with Gasteiger partial charge in [0.2, 0.25) is 0 Å². The largest absolute Gasteiger partial charge is 0.301 e. The van der Waals surface area contributed by atoms with Crippen LogP contribution in [0.1, 0.15) is 24.8 Å². The molecule has 0 aromatic heterocycles. The Kier molecular flexibility index (Phi) is 3.54. The zero-order valence-corrected chi connectivity index (χ0v) is 14.1. The third-order valence-electron chi connectivity index (χ3n) is 5.10. The molecule has 0 N–H and O–H groups in total. The van der Waals surface area contributed by atoms with Gasteiger partial charge >= 0.3 is 0 Å². The highest BCUT2D eigenvalue weighted by atomic mass is 32.2. The van der Waals surface area contributed by atoms with E-state index in [0.717, 1.165) is 36.2 Å². The summed E-state index contributed by atoms with van der Waals surface area (Å²) in [5.41, 5.74) is 3.27. The number of likely N-dealkylation sites (tertiary alicyclic amines) is 1. The Morgan fingerprint density at radius 1 is 1.04 bits per heavy atom. The molecular weight excluding hydrogens is 306 g/mol. The monoisotopic (exact) mass is 327 g/mol. The van der Waals surface area contributed by atoms with E-state index in [2.05, 4.69) is 30.0 Å². The second-order valence-electron chi connectivity index (χ2n) is 6.57. The van der Waals surface area contributed by atoms with Gasteiger partial charge in [0, 0.05) is 19.0 Å². The Bertz CT molecular complexity index is 830. The molecule has 0 aliphatic carbocycles. The number of hydrogen-bond acceptors (Lipinski definition) is 3. The summed E-state index contributed by atoms with van der Waals surface area (Å²) >= 11 is 0. The summed E-state index contributed by atoms with van der Waals surface area (Å²) in [5.74, 6) is 0.130. The lowest BCUT2D eigenvalue weighted by Gasteiger charge is -2.16. The van der Waals surface area contributed by atoms with Crippen molar-refractivity contribution in [2.75, 3.05) is 19.6 Å². The molecule has 23 heavy (non-hydrogen) atoms. The first kappa shape index (κ1) is 14.9. The molecule has 0 bridgehead atoms. The predicted molar refractivity (Wildman–Crippen MR) is 92.3 cm³/mol. The Labute approximate surface area is 137 Å². The van der Waals surface area contributed by atoms with Gasteiger partial charge in [-0.2, -0.15) is 0 Å². The second kappa shape index (κ2) is 5.46. The number of nitrogens with zero attached hydrogens (tertiary/aromatic N) is 1. The smallest absolute Gasteiger partial charge is 0.183 e. The van der Waals surface area contributed by atoms with Crippen molar-refractivity contribution in [1.82, 2.24) is 4.90 Å². The van der Waals surface area contributed by atoms with E-state index in [1.165, 1.54) is 0 Å². The summed E-state index contributed by atoms with van der Waals surface area (Å²) < 4.78 is 25.7. The Morgan fingerprint density at radius 2 is 1.83 bits per heavy atom. The van der Waals surface area contributed by atoms with Crippen molar-refractivity contribution >= 4 is 9.84 Å². The van der Waals surface area contributed by atoms with Gasteiger partial charge in [0.05, 0.1) is 10.1 Å². The molecule has 0 radical (unpaired) electrons. The molecular formula is C19H21NO2S. The zero-order valence-electron chi connectivity index (χ0n) is 13.3. The maximum atomic E-state index is 12.8. The zero-order chi connectivity index (χ0) is 16.0. The van der Waals surface area contributed by atoms with E-state index in [1.54, 1.807) is 0 Å². The number of fused-ring (bicyclic) bond motifs is 3. The van der Waals surface area contributed by atoms with Crippen molar-refractivity contribution in [3.05, 3.63) is 54.1 Å². The molecule has 3 nitrogen and oxygen atoms in total. The molecule has 1 saturated heterocycles. The van der Waals surface area contributed by atoms with Crippen molar-refractivity contribution in [3.8, 4) is 11.1 Å². The molecule has 0 saturated carbocycles. The van der Waals surface area contributed by atoms with Crippen LogP contribution in [-0.2, 0) is 9.84 Å². The van der Waals surface area contributed by atoms with Crippen molar-refractivity contribution in [2.24, 2.45) is 0 Å². The van der Waals surface area contributed by atoms with Crippen molar-refractivity contribution in [3.63, 3.8) is 0 Å².